The van der Waals surface area contributed by atoms with E-state index in [4.69, 9.17) is 9.26 Å². The summed E-state index contributed by atoms with van der Waals surface area (Å²) in [5.74, 6) is 2.29. The molecule has 0 saturated carbocycles. The topological polar surface area (TPSA) is 63.4 Å². The first kappa shape index (κ1) is 20.3. The van der Waals surface area contributed by atoms with E-state index in [1.54, 1.807) is 7.11 Å². The van der Waals surface area contributed by atoms with Crippen LogP contribution in [0.3, 0.4) is 0 Å². The van der Waals surface area contributed by atoms with E-state index >= 15 is 0 Å². The van der Waals surface area contributed by atoms with E-state index in [9.17, 15) is 0 Å². The van der Waals surface area contributed by atoms with Gasteiger partial charge in [-0.3, -0.25) is 4.90 Å². The molecular formula is C21H25ClN4O2. The van der Waals surface area contributed by atoms with E-state index in [-0.39, 0.29) is 18.4 Å². The van der Waals surface area contributed by atoms with Gasteiger partial charge in [0.15, 0.2) is 5.82 Å². The molecule has 4 rings (SSSR count). The van der Waals surface area contributed by atoms with Crippen LogP contribution in [-0.2, 0) is 13.0 Å². The molecule has 1 aliphatic heterocycles. The Morgan fingerprint density at radius 2 is 1.93 bits per heavy atom. The van der Waals surface area contributed by atoms with Gasteiger partial charge in [-0.15, -0.1) is 12.4 Å². The Bertz CT molecular complexity index is 872. The molecule has 1 unspecified atom stereocenters. The van der Waals surface area contributed by atoms with Gasteiger partial charge >= 0.3 is 0 Å². The minimum atomic E-state index is 0. The first-order valence-electron chi connectivity index (χ1n) is 9.26. The number of rotatable bonds is 6. The second-order valence-electron chi connectivity index (χ2n) is 6.70. The van der Waals surface area contributed by atoms with Crippen LogP contribution >= 0.6 is 12.4 Å². The molecule has 1 atom stereocenters. The van der Waals surface area contributed by atoms with Crippen molar-refractivity contribution in [3.8, 4) is 5.75 Å². The van der Waals surface area contributed by atoms with Crippen molar-refractivity contribution in [1.82, 2.24) is 20.4 Å². The summed E-state index contributed by atoms with van der Waals surface area (Å²) in [6, 6.07) is 18.6. The summed E-state index contributed by atoms with van der Waals surface area (Å²) >= 11 is 0. The maximum Gasteiger partial charge on any atom is 0.231 e. The third kappa shape index (κ3) is 4.70. The van der Waals surface area contributed by atoms with Gasteiger partial charge in [0.1, 0.15) is 5.75 Å². The van der Waals surface area contributed by atoms with Gasteiger partial charge in [-0.1, -0.05) is 53.7 Å². The number of aromatic nitrogens is 2. The van der Waals surface area contributed by atoms with E-state index in [1.165, 1.54) is 11.1 Å². The smallest absolute Gasteiger partial charge is 0.231 e. The highest BCUT2D eigenvalue weighted by Gasteiger charge is 2.27. The minimum Gasteiger partial charge on any atom is -0.496 e. The normalized spacial score (nSPS) is 17.1. The van der Waals surface area contributed by atoms with Gasteiger partial charge in [0.2, 0.25) is 5.89 Å². The van der Waals surface area contributed by atoms with Gasteiger partial charge in [0, 0.05) is 25.2 Å². The molecular weight excluding hydrogens is 376 g/mol. The molecule has 3 aromatic rings. The second kappa shape index (κ2) is 9.68. The molecule has 1 aromatic heterocycles. The van der Waals surface area contributed by atoms with Gasteiger partial charge in [0.05, 0.1) is 26.1 Å². The van der Waals surface area contributed by atoms with Crippen molar-refractivity contribution in [3.05, 3.63) is 77.4 Å². The van der Waals surface area contributed by atoms with Crippen LogP contribution in [0.4, 0.5) is 0 Å². The molecule has 6 nitrogen and oxygen atoms in total. The molecule has 28 heavy (non-hydrogen) atoms. The molecule has 1 saturated heterocycles. The molecule has 1 N–H and O–H groups in total. The second-order valence-corrected chi connectivity index (χ2v) is 6.70. The van der Waals surface area contributed by atoms with E-state index in [2.05, 4.69) is 44.6 Å². The van der Waals surface area contributed by atoms with Crippen molar-refractivity contribution in [1.29, 1.82) is 0 Å². The lowest BCUT2D eigenvalue weighted by Crippen LogP contribution is -2.45. The highest BCUT2D eigenvalue weighted by atomic mass is 35.5. The van der Waals surface area contributed by atoms with E-state index < -0.39 is 0 Å². The summed E-state index contributed by atoms with van der Waals surface area (Å²) < 4.78 is 11.0. The number of halogens is 1. The number of ether oxygens (including phenoxy) is 1. The zero-order chi connectivity index (χ0) is 18.5. The molecule has 0 radical (unpaired) electrons. The number of benzene rings is 2. The Labute approximate surface area is 171 Å². The molecule has 2 heterocycles. The molecule has 0 amide bonds. The predicted molar refractivity (Wildman–Crippen MR) is 110 cm³/mol. The number of nitrogens with one attached hydrogen (secondary N) is 1. The largest absolute Gasteiger partial charge is 0.496 e. The fourth-order valence-corrected chi connectivity index (χ4v) is 3.56. The molecule has 0 spiro atoms. The summed E-state index contributed by atoms with van der Waals surface area (Å²) in [5, 5.41) is 7.67. The van der Waals surface area contributed by atoms with E-state index in [1.807, 2.05) is 30.3 Å². The van der Waals surface area contributed by atoms with Crippen LogP contribution in [0.1, 0.15) is 28.9 Å². The quantitative estimate of drug-likeness (QED) is 0.685. The Balaban J connectivity index is 0.00000225. The SMILES string of the molecule is COc1ccccc1C1CNCCN1Cc1noc(Cc2ccccc2)n1.Cl. The lowest BCUT2D eigenvalue weighted by Gasteiger charge is -2.36. The van der Waals surface area contributed by atoms with Crippen LogP contribution in [0.15, 0.2) is 59.1 Å². The molecule has 1 fully saturated rings. The van der Waals surface area contributed by atoms with Crippen molar-refractivity contribution >= 4 is 12.4 Å². The van der Waals surface area contributed by atoms with Gasteiger partial charge in [-0.05, 0) is 11.6 Å². The number of para-hydroxylation sites is 1. The number of methoxy groups -OCH3 is 1. The van der Waals surface area contributed by atoms with Gasteiger partial charge in [0.25, 0.3) is 0 Å². The highest BCUT2D eigenvalue weighted by Crippen LogP contribution is 2.30. The molecule has 1 aliphatic rings. The van der Waals surface area contributed by atoms with Crippen LogP contribution in [0.25, 0.3) is 0 Å². The van der Waals surface area contributed by atoms with Crippen LogP contribution < -0.4 is 10.1 Å². The highest BCUT2D eigenvalue weighted by molar-refractivity contribution is 5.85. The van der Waals surface area contributed by atoms with Crippen LogP contribution in [0.2, 0.25) is 0 Å². The molecule has 2 aromatic carbocycles. The summed E-state index contributed by atoms with van der Waals surface area (Å²) in [7, 11) is 1.72. The van der Waals surface area contributed by atoms with Crippen molar-refractivity contribution in [2.45, 2.75) is 19.0 Å². The summed E-state index contributed by atoms with van der Waals surface area (Å²) in [5.41, 5.74) is 2.35. The zero-order valence-electron chi connectivity index (χ0n) is 15.9. The average Bonchev–Trinajstić information content (AvgIpc) is 3.16. The predicted octanol–water partition coefficient (Wildman–Crippen LogP) is 3.24. The maximum atomic E-state index is 5.56. The summed E-state index contributed by atoms with van der Waals surface area (Å²) in [4.78, 5) is 6.98. The standard InChI is InChI=1S/C21H24N4O2.ClH/c1-26-19-10-6-5-9-17(19)18-14-22-11-12-25(18)15-20-23-21(27-24-20)13-16-7-3-2-4-8-16;/h2-10,18,22H,11-15H2,1H3;1H. The van der Waals surface area contributed by atoms with Crippen LogP contribution in [0.5, 0.6) is 5.75 Å². The van der Waals surface area contributed by atoms with E-state index in [0.717, 1.165) is 31.2 Å². The Kier molecular flexibility index (Phi) is 7.03. The Hall–Kier alpha value is -2.41. The lowest BCUT2D eigenvalue weighted by atomic mass is 10.0. The van der Waals surface area contributed by atoms with Gasteiger partial charge < -0.3 is 14.6 Å². The van der Waals surface area contributed by atoms with Crippen LogP contribution in [0, 0.1) is 0 Å². The van der Waals surface area contributed by atoms with Gasteiger partial charge in [-0.25, -0.2) is 0 Å². The molecule has 0 aliphatic carbocycles. The third-order valence-corrected chi connectivity index (χ3v) is 4.91. The Morgan fingerprint density at radius 1 is 1.14 bits per heavy atom. The monoisotopic (exact) mass is 400 g/mol. The zero-order valence-corrected chi connectivity index (χ0v) is 16.7. The maximum absolute atomic E-state index is 5.56. The van der Waals surface area contributed by atoms with Crippen molar-refractivity contribution < 1.29 is 9.26 Å². The van der Waals surface area contributed by atoms with Crippen molar-refractivity contribution in [2.75, 3.05) is 26.7 Å². The lowest BCUT2D eigenvalue weighted by molar-refractivity contribution is 0.146. The average molecular weight is 401 g/mol. The van der Waals surface area contributed by atoms with E-state index in [0.29, 0.717) is 18.9 Å². The molecule has 7 heteroatoms. The molecule has 0 bridgehead atoms. The number of hydrogen-bond donors (Lipinski definition) is 1. The number of nitrogens with zero attached hydrogens (tertiary/aromatic N) is 3. The van der Waals surface area contributed by atoms with Crippen molar-refractivity contribution in [3.63, 3.8) is 0 Å². The number of hydrogen-bond acceptors (Lipinski definition) is 6. The Morgan fingerprint density at radius 3 is 2.75 bits per heavy atom. The molecule has 148 valence electrons. The fourth-order valence-electron chi connectivity index (χ4n) is 3.56. The fraction of sp³-hybridized carbons (Fsp3) is 0.333. The minimum absolute atomic E-state index is 0. The summed E-state index contributed by atoms with van der Waals surface area (Å²) in [6.07, 6.45) is 0.658. The van der Waals surface area contributed by atoms with Crippen molar-refractivity contribution in [2.24, 2.45) is 0 Å². The van der Waals surface area contributed by atoms with Gasteiger partial charge in [-0.2, -0.15) is 4.98 Å². The third-order valence-electron chi connectivity index (χ3n) is 4.91. The van der Waals surface area contributed by atoms with Crippen LogP contribution in [-0.4, -0.2) is 41.8 Å². The number of piperazine rings is 1. The first-order valence-corrected chi connectivity index (χ1v) is 9.26. The first-order chi connectivity index (χ1) is 13.3. The summed E-state index contributed by atoms with van der Waals surface area (Å²) in [6.45, 7) is 3.39.